The normalized spacial score (nSPS) is 13.3. The maximum Gasteiger partial charge on any atom is 0.213 e. The molecule has 1 atom stereocenters. The van der Waals surface area contributed by atoms with E-state index in [4.69, 9.17) is 0 Å². The van der Waals surface area contributed by atoms with Crippen LogP contribution in [0.25, 0.3) is 11.3 Å². The second kappa shape index (κ2) is 7.03. The Labute approximate surface area is 132 Å². The van der Waals surface area contributed by atoms with Crippen molar-refractivity contribution < 1.29 is 8.42 Å². The lowest BCUT2D eigenvalue weighted by Crippen LogP contribution is -2.33. The summed E-state index contributed by atoms with van der Waals surface area (Å²) in [4.78, 5) is 4.32. The smallest absolute Gasteiger partial charge is 0.213 e. The summed E-state index contributed by atoms with van der Waals surface area (Å²) in [6.45, 7) is 5.77. The first-order valence-electron chi connectivity index (χ1n) is 7.40. The molecular weight excluding hydrogens is 296 g/mol. The fourth-order valence-corrected chi connectivity index (χ4v) is 2.86. The van der Waals surface area contributed by atoms with Gasteiger partial charge in [-0.25, -0.2) is 13.1 Å². The Morgan fingerprint density at radius 1 is 1.05 bits per heavy atom. The zero-order valence-corrected chi connectivity index (χ0v) is 14.0. The van der Waals surface area contributed by atoms with Gasteiger partial charge in [0.25, 0.3) is 0 Å². The summed E-state index contributed by atoms with van der Waals surface area (Å²) < 4.78 is 26.2. The number of hydrogen-bond donors (Lipinski definition) is 1. The van der Waals surface area contributed by atoms with E-state index in [1.807, 2.05) is 49.4 Å². The van der Waals surface area contributed by atoms with Crippen LogP contribution in [0.3, 0.4) is 0 Å². The molecule has 2 rings (SSSR count). The van der Waals surface area contributed by atoms with Gasteiger partial charge in [-0.05, 0) is 37.5 Å². The second-order valence-corrected chi connectivity index (χ2v) is 8.00. The molecule has 1 aromatic carbocycles. The van der Waals surface area contributed by atoms with Crippen molar-refractivity contribution in [1.29, 1.82) is 0 Å². The van der Waals surface area contributed by atoms with Gasteiger partial charge in [0.2, 0.25) is 10.0 Å². The number of benzene rings is 1. The zero-order valence-electron chi connectivity index (χ0n) is 13.2. The van der Waals surface area contributed by atoms with Crippen LogP contribution in [0.2, 0.25) is 0 Å². The molecule has 2 aromatic rings. The van der Waals surface area contributed by atoms with Crippen molar-refractivity contribution in [3.05, 3.63) is 54.2 Å². The molecule has 1 heterocycles. The number of nitrogens with zero attached hydrogens (tertiary/aromatic N) is 1. The number of aromatic nitrogens is 1. The highest BCUT2D eigenvalue weighted by Gasteiger charge is 2.17. The summed E-state index contributed by atoms with van der Waals surface area (Å²) in [6.07, 6.45) is 1.77. The average Bonchev–Trinajstić information content (AvgIpc) is 2.53. The standard InChI is InChI=1S/C17H22N2O2S/c1-13(2)22(20,21)19-12-14(3)15-7-9-16(10-8-15)17-6-4-5-11-18-17/h4-11,13-14,19H,12H2,1-3H3/t14-/m0/s1. The Hall–Kier alpha value is -1.72. The molecule has 0 aliphatic rings. The van der Waals surface area contributed by atoms with Gasteiger partial charge in [-0.1, -0.05) is 37.3 Å². The molecule has 0 aliphatic heterocycles. The number of pyridine rings is 1. The highest BCUT2D eigenvalue weighted by atomic mass is 32.2. The average molecular weight is 318 g/mol. The van der Waals surface area contributed by atoms with Gasteiger partial charge in [0.05, 0.1) is 10.9 Å². The lowest BCUT2D eigenvalue weighted by Gasteiger charge is -2.15. The molecule has 118 valence electrons. The van der Waals surface area contributed by atoms with E-state index < -0.39 is 15.3 Å². The predicted octanol–water partition coefficient (Wildman–Crippen LogP) is 3.18. The molecule has 0 fully saturated rings. The van der Waals surface area contributed by atoms with Crippen molar-refractivity contribution >= 4 is 10.0 Å². The topological polar surface area (TPSA) is 59.1 Å². The number of sulfonamides is 1. The third-order valence-electron chi connectivity index (χ3n) is 3.65. The molecule has 0 saturated carbocycles. The molecule has 0 saturated heterocycles. The van der Waals surface area contributed by atoms with E-state index in [1.54, 1.807) is 20.0 Å². The van der Waals surface area contributed by atoms with E-state index >= 15 is 0 Å². The largest absolute Gasteiger partial charge is 0.256 e. The summed E-state index contributed by atoms with van der Waals surface area (Å²) in [5.74, 6) is 0.117. The molecule has 5 heteroatoms. The summed E-state index contributed by atoms with van der Waals surface area (Å²) in [7, 11) is -3.21. The zero-order chi connectivity index (χ0) is 16.2. The first kappa shape index (κ1) is 16.6. The summed E-state index contributed by atoms with van der Waals surface area (Å²) in [5, 5.41) is -0.411. The first-order valence-corrected chi connectivity index (χ1v) is 8.94. The number of rotatable bonds is 6. The molecule has 1 aromatic heterocycles. The van der Waals surface area contributed by atoms with Gasteiger partial charge in [-0.2, -0.15) is 0 Å². The second-order valence-electron chi connectivity index (χ2n) is 5.68. The minimum Gasteiger partial charge on any atom is -0.256 e. The first-order chi connectivity index (χ1) is 10.4. The van der Waals surface area contributed by atoms with E-state index in [-0.39, 0.29) is 5.92 Å². The lowest BCUT2D eigenvalue weighted by molar-refractivity contribution is 0.566. The van der Waals surface area contributed by atoms with Crippen LogP contribution in [0.5, 0.6) is 0 Å². The van der Waals surface area contributed by atoms with Gasteiger partial charge < -0.3 is 0 Å². The van der Waals surface area contributed by atoms with E-state index in [0.717, 1.165) is 16.8 Å². The van der Waals surface area contributed by atoms with Gasteiger partial charge in [0, 0.05) is 18.3 Å². The van der Waals surface area contributed by atoms with Crippen molar-refractivity contribution in [2.24, 2.45) is 0 Å². The van der Waals surface area contributed by atoms with Crippen LogP contribution in [0.15, 0.2) is 48.7 Å². The van der Waals surface area contributed by atoms with Crippen molar-refractivity contribution in [1.82, 2.24) is 9.71 Å². The van der Waals surface area contributed by atoms with Crippen LogP contribution in [-0.4, -0.2) is 25.2 Å². The molecule has 0 bridgehead atoms. The molecular formula is C17H22N2O2S. The summed E-state index contributed by atoms with van der Waals surface area (Å²) in [6, 6.07) is 13.9. The van der Waals surface area contributed by atoms with Crippen LogP contribution < -0.4 is 4.72 Å². The highest BCUT2D eigenvalue weighted by molar-refractivity contribution is 7.90. The number of nitrogens with one attached hydrogen (secondary N) is 1. The minimum absolute atomic E-state index is 0.117. The molecule has 0 unspecified atom stereocenters. The van der Waals surface area contributed by atoms with E-state index in [9.17, 15) is 8.42 Å². The predicted molar refractivity (Wildman–Crippen MR) is 90.1 cm³/mol. The van der Waals surface area contributed by atoms with Gasteiger partial charge in [0.1, 0.15) is 0 Å². The lowest BCUT2D eigenvalue weighted by atomic mass is 9.99. The van der Waals surface area contributed by atoms with E-state index in [2.05, 4.69) is 9.71 Å². The van der Waals surface area contributed by atoms with Crippen LogP contribution in [0.1, 0.15) is 32.3 Å². The third-order valence-corrected chi connectivity index (χ3v) is 5.46. The minimum atomic E-state index is -3.21. The van der Waals surface area contributed by atoms with Gasteiger partial charge in [-0.15, -0.1) is 0 Å². The van der Waals surface area contributed by atoms with E-state index in [1.165, 1.54) is 0 Å². The molecule has 0 amide bonds. The Balaban J connectivity index is 2.04. The molecule has 22 heavy (non-hydrogen) atoms. The van der Waals surface area contributed by atoms with Crippen molar-refractivity contribution in [3.8, 4) is 11.3 Å². The highest BCUT2D eigenvalue weighted by Crippen LogP contribution is 2.21. The maximum absolute atomic E-state index is 11.8. The van der Waals surface area contributed by atoms with Gasteiger partial charge in [0.15, 0.2) is 0 Å². The quantitative estimate of drug-likeness (QED) is 0.890. The number of hydrogen-bond acceptors (Lipinski definition) is 3. The Kier molecular flexibility index (Phi) is 5.32. The molecule has 0 radical (unpaired) electrons. The third kappa shape index (κ3) is 4.15. The van der Waals surface area contributed by atoms with Crippen LogP contribution >= 0.6 is 0 Å². The summed E-state index contributed by atoms with van der Waals surface area (Å²) in [5.41, 5.74) is 3.09. The van der Waals surface area contributed by atoms with Gasteiger partial charge in [-0.3, -0.25) is 4.98 Å². The van der Waals surface area contributed by atoms with Crippen molar-refractivity contribution in [3.63, 3.8) is 0 Å². The monoisotopic (exact) mass is 318 g/mol. The fourth-order valence-electron chi connectivity index (χ4n) is 2.04. The fraction of sp³-hybridized carbons (Fsp3) is 0.353. The Morgan fingerprint density at radius 3 is 2.27 bits per heavy atom. The maximum atomic E-state index is 11.8. The molecule has 4 nitrogen and oxygen atoms in total. The Bertz CT molecular complexity index is 695. The van der Waals surface area contributed by atoms with Crippen LogP contribution in [-0.2, 0) is 10.0 Å². The van der Waals surface area contributed by atoms with Crippen LogP contribution in [0.4, 0.5) is 0 Å². The SMILES string of the molecule is CC(C)S(=O)(=O)NC[C@H](C)c1ccc(-c2ccccn2)cc1. The van der Waals surface area contributed by atoms with Crippen LogP contribution in [0, 0.1) is 0 Å². The molecule has 0 aliphatic carbocycles. The summed E-state index contributed by atoms with van der Waals surface area (Å²) >= 11 is 0. The Morgan fingerprint density at radius 2 is 1.73 bits per heavy atom. The molecule has 1 N–H and O–H groups in total. The van der Waals surface area contributed by atoms with Gasteiger partial charge >= 0.3 is 0 Å². The van der Waals surface area contributed by atoms with E-state index in [0.29, 0.717) is 6.54 Å². The van der Waals surface area contributed by atoms with Crippen molar-refractivity contribution in [2.45, 2.75) is 31.9 Å². The van der Waals surface area contributed by atoms with Crippen molar-refractivity contribution in [2.75, 3.05) is 6.54 Å². The molecule has 0 spiro atoms.